The fourth-order valence-corrected chi connectivity index (χ4v) is 2.41. The van der Waals surface area contributed by atoms with Gasteiger partial charge < -0.3 is 10.1 Å². The number of nitrogens with one attached hydrogen (secondary N) is 1. The lowest BCUT2D eigenvalue weighted by atomic mass is 10.1. The third-order valence-electron chi connectivity index (χ3n) is 3.28. The molecule has 24 heavy (non-hydrogen) atoms. The van der Waals surface area contributed by atoms with Crippen LogP contribution in [0.15, 0.2) is 53.0 Å². The molecule has 3 nitrogen and oxygen atoms in total. The van der Waals surface area contributed by atoms with Gasteiger partial charge in [-0.15, -0.1) is 0 Å². The number of rotatable bonds is 5. The summed E-state index contributed by atoms with van der Waals surface area (Å²) in [6.45, 7) is 1.51. The van der Waals surface area contributed by atoms with Gasteiger partial charge in [0.1, 0.15) is 5.75 Å². The standard InChI is InChI=1S/C17H15BrF3NO2/c1-11(12-5-7-13(8-6-12)17(19,20)21)22-16(23)10-24-15-4-2-3-14(18)9-15/h2-9,11H,10H2,1H3,(H,22,23). The van der Waals surface area contributed by atoms with E-state index in [2.05, 4.69) is 21.2 Å². The Balaban J connectivity index is 1.89. The van der Waals surface area contributed by atoms with E-state index in [1.165, 1.54) is 12.1 Å². The molecule has 7 heteroatoms. The summed E-state index contributed by atoms with van der Waals surface area (Å²) in [7, 11) is 0. The molecular formula is C17H15BrF3NO2. The number of halogens is 4. The Bertz CT molecular complexity index is 702. The monoisotopic (exact) mass is 401 g/mol. The van der Waals surface area contributed by atoms with E-state index < -0.39 is 17.8 Å². The Hall–Kier alpha value is -2.02. The van der Waals surface area contributed by atoms with Gasteiger partial charge in [0, 0.05) is 4.47 Å². The van der Waals surface area contributed by atoms with Crippen molar-refractivity contribution < 1.29 is 22.7 Å². The molecule has 0 spiro atoms. The molecule has 0 aliphatic rings. The normalized spacial score (nSPS) is 12.5. The summed E-state index contributed by atoms with van der Waals surface area (Å²) in [4.78, 5) is 11.9. The van der Waals surface area contributed by atoms with Crippen LogP contribution in [0.1, 0.15) is 24.1 Å². The average Bonchev–Trinajstić information content (AvgIpc) is 2.52. The van der Waals surface area contributed by atoms with Crippen molar-refractivity contribution in [1.82, 2.24) is 5.32 Å². The molecule has 0 aliphatic heterocycles. The molecule has 1 amide bonds. The van der Waals surface area contributed by atoms with E-state index in [1.807, 2.05) is 6.07 Å². The van der Waals surface area contributed by atoms with E-state index in [0.29, 0.717) is 11.3 Å². The SMILES string of the molecule is CC(NC(=O)COc1cccc(Br)c1)c1ccc(C(F)(F)F)cc1. The third kappa shape index (κ3) is 5.26. The van der Waals surface area contributed by atoms with Gasteiger partial charge in [0.15, 0.2) is 6.61 Å². The van der Waals surface area contributed by atoms with Crippen molar-refractivity contribution in [2.45, 2.75) is 19.1 Å². The summed E-state index contributed by atoms with van der Waals surface area (Å²) < 4.78 is 43.8. The Labute approximate surface area is 146 Å². The number of hydrogen-bond acceptors (Lipinski definition) is 2. The van der Waals surface area contributed by atoms with Crippen molar-refractivity contribution in [3.05, 3.63) is 64.1 Å². The molecule has 0 heterocycles. The van der Waals surface area contributed by atoms with Crippen LogP contribution in [0.5, 0.6) is 5.75 Å². The fourth-order valence-electron chi connectivity index (χ4n) is 2.03. The number of carbonyl (C=O) groups is 1. The van der Waals surface area contributed by atoms with Crippen LogP contribution >= 0.6 is 15.9 Å². The molecule has 0 saturated carbocycles. The van der Waals surface area contributed by atoms with Gasteiger partial charge in [-0.25, -0.2) is 0 Å². The lowest BCUT2D eigenvalue weighted by molar-refractivity contribution is -0.137. The highest BCUT2D eigenvalue weighted by Gasteiger charge is 2.30. The van der Waals surface area contributed by atoms with Crippen LogP contribution in [0.2, 0.25) is 0 Å². The molecule has 0 saturated heterocycles. The zero-order valence-electron chi connectivity index (χ0n) is 12.7. The second-order valence-electron chi connectivity index (χ2n) is 5.16. The van der Waals surface area contributed by atoms with E-state index >= 15 is 0 Å². The van der Waals surface area contributed by atoms with E-state index in [4.69, 9.17) is 4.74 Å². The van der Waals surface area contributed by atoms with Crippen LogP contribution in [-0.2, 0) is 11.0 Å². The molecule has 2 aromatic rings. The average molecular weight is 402 g/mol. The van der Waals surface area contributed by atoms with Gasteiger partial charge in [-0.2, -0.15) is 13.2 Å². The molecule has 1 atom stereocenters. The summed E-state index contributed by atoms with van der Waals surface area (Å²) >= 11 is 3.30. The lowest BCUT2D eigenvalue weighted by Gasteiger charge is -2.16. The van der Waals surface area contributed by atoms with Crippen LogP contribution in [0.3, 0.4) is 0 Å². The van der Waals surface area contributed by atoms with Gasteiger partial charge in [-0.3, -0.25) is 4.79 Å². The Morgan fingerprint density at radius 2 is 1.88 bits per heavy atom. The second kappa shape index (κ2) is 7.70. The molecule has 2 aromatic carbocycles. The molecule has 1 unspecified atom stereocenters. The van der Waals surface area contributed by atoms with E-state index in [1.54, 1.807) is 25.1 Å². The van der Waals surface area contributed by atoms with Crippen molar-refractivity contribution in [2.24, 2.45) is 0 Å². The molecule has 128 valence electrons. The van der Waals surface area contributed by atoms with Crippen molar-refractivity contribution >= 4 is 21.8 Å². The molecule has 1 N–H and O–H groups in total. The summed E-state index contributed by atoms with van der Waals surface area (Å²) in [5.41, 5.74) is -0.137. The maximum absolute atomic E-state index is 12.5. The van der Waals surface area contributed by atoms with Crippen molar-refractivity contribution in [2.75, 3.05) is 6.61 Å². The Morgan fingerprint density at radius 1 is 1.21 bits per heavy atom. The first-order valence-electron chi connectivity index (χ1n) is 7.10. The first-order chi connectivity index (χ1) is 11.3. The topological polar surface area (TPSA) is 38.3 Å². The van der Waals surface area contributed by atoms with E-state index in [0.717, 1.165) is 16.6 Å². The molecule has 0 fully saturated rings. The molecule has 0 aliphatic carbocycles. The Morgan fingerprint density at radius 3 is 2.46 bits per heavy atom. The minimum Gasteiger partial charge on any atom is -0.484 e. The summed E-state index contributed by atoms with van der Waals surface area (Å²) in [5.74, 6) is 0.184. The minimum atomic E-state index is -4.37. The minimum absolute atomic E-state index is 0.179. The van der Waals surface area contributed by atoms with Crippen LogP contribution in [0, 0.1) is 0 Å². The highest BCUT2D eigenvalue weighted by molar-refractivity contribution is 9.10. The first-order valence-corrected chi connectivity index (χ1v) is 7.90. The number of hydrogen-bond donors (Lipinski definition) is 1. The van der Waals surface area contributed by atoms with Crippen LogP contribution in [-0.4, -0.2) is 12.5 Å². The van der Waals surface area contributed by atoms with Crippen LogP contribution in [0.25, 0.3) is 0 Å². The first kappa shape index (κ1) is 18.3. The van der Waals surface area contributed by atoms with Gasteiger partial charge >= 0.3 is 6.18 Å². The molecular weight excluding hydrogens is 387 g/mol. The van der Waals surface area contributed by atoms with Gasteiger partial charge in [0.2, 0.25) is 0 Å². The molecule has 0 bridgehead atoms. The van der Waals surface area contributed by atoms with Crippen molar-refractivity contribution in [3.63, 3.8) is 0 Å². The predicted octanol–water partition coefficient (Wildman–Crippen LogP) is 4.72. The summed E-state index contributed by atoms with van der Waals surface area (Å²) in [6, 6.07) is 11.3. The lowest BCUT2D eigenvalue weighted by Crippen LogP contribution is -2.31. The van der Waals surface area contributed by atoms with Gasteiger partial charge in [-0.05, 0) is 42.8 Å². The highest BCUT2D eigenvalue weighted by atomic mass is 79.9. The quantitative estimate of drug-likeness (QED) is 0.786. The zero-order chi connectivity index (χ0) is 17.7. The Kier molecular flexibility index (Phi) is 5.88. The van der Waals surface area contributed by atoms with Gasteiger partial charge in [0.05, 0.1) is 11.6 Å². The molecule has 2 rings (SSSR count). The number of ether oxygens (including phenoxy) is 1. The summed E-state index contributed by atoms with van der Waals surface area (Å²) in [5, 5.41) is 2.68. The maximum atomic E-state index is 12.5. The largest absolute Gasteiger partial charge is 0.484 e. The summed E-state index contributed by atoms with van der Waals surface area (Å²) in [6.07, 6.45) is -4.37. The van der Waals surface area contributed by atoms with Gasteiger partial charge in [-0.1, -0.05) is 34.1 Å². The zero-order valence-corrected chi connectivity index (χ0v) is 14.3. The van der Waals surface area contributed by atoms with Gasteiger partial charge in [0.25, 0.3) is 5.91 Å². The van der Waals surface area contributed by atoms with Crippen LogP contribution in [0.4, 0.5) is 13.2 Å². The molecule has 0 radical (unpaired) electrons. The second-order valence-corrected chi connectivity index (χ2v) is 6.07. The smallest absolute Gasteiger partial charge is 0.416 e. The molecule has 0 aromatic heterocycles. The number of carbonyl (C=O) groups excluding carboxylic acids is 1. The number of amides is 1. The maximum Gasteiger partial charge on any atom is 0.416 e. The van der Waals surface area contributed by atoms with E-state index in [-0.39, 0.29) is 12.5 Å². The predicted molar refractivity (Wildman–Crippen MR) is 87.6 cm³/mol. The number of benzene rings is 2. The van der Waals surface area contributed by atoms with E-state index in [9.17, 15) is 18.0 Å². The fraction of sp³-hybridized carbons (Fsp3) is 0.235. The van der Waals surface area contributed by atoms with Crippen LogP contribution < -0.4 is 10.1 Å². The van der Waals surface area contributed by atoms with Crippen molar-refractivity contribution in [1.29, 1.82) is 0 Å². The third-order valence-corrected chi connectivity index (χ3v) is 3.77. The number of alkyl halides is 3. The van der Waals surface area contributed by atoms with Crippen molar-refractivity contribution in [3.8, 4) is 5.75 Å². The highest BCUT2D eigenvalue weighted by Crippen LogP contribution is 2.29.